The summed E-state index contributed by atoms with van der Waals surface area (Å²) >= 11 is 1.61. The van der Waals surface area contributed by atoms with Crippen molar-refractivity contribution in [1.29, 1.82) is 0 Å². The van der Waals surface area contributed by atoms with Crippen LogP contribution >= 0.6 is 11.3 Å². The van der Waals surface area contributed by atoms with Gasteiger partial charge < -0.3 is 15.0 Å². The van der Waals surface area contributed by atoms with Crippen molar-refractivity contribution in [2.75, 3.05) is 13.2 Å². The monoisotopic (exact) mass is 478 g/mol. The molecule has 3 heterocycles. The number of Topliss-reactive ketones (excluding diaryl/α,β-unsaturated/α-hetero) is 1. The number of carbonyl (C=O) groups is 3. The van der Waals surface area contributed by atoms with Crippen LogP contribution in [0.15, 0.2) is 66.0 Å². The first-order valence-electron chi connectivity index (χ1n) is 11.1. The third-order valence-corrected chi connectivity index (χ3v) is 7.22. The number of likely N-dealkylation sites (tertiary alicyclic amines) is 1. The van der Waals surface area contributed by atoms with Gasteiger partial charge in [-0.2, -0.15) is 0 Å². The molecule has 3 aromatic rings. The quantitative estimate of drug-likeness (QED) is 0.589. The van der Waals surface area contributed by atoms with Crippen LogP contribution in [0.3, 0.4) is 0 Å². The summed E-state index contributed by atoms with van der Waals surface area (Å²) in [6.45, 7) is 0.399. The Hall–Kier alpha value is -3.36. The first-order chi connectivity index (χ1) is 16.5. The van der Waals surface area contributed by atoms with Gasteiger partial charge in [-0.1, -0.05) is 30.3 Å². The van der Waals surface area contributed by atoms with E-state index in [2.05, 4.69) is 5.32 Å². The van der Waals surface area contributed by atoms with E-state index in [-0.39, 0.29) is 42.5 Å². The van der Waals surface area contributed by atoms with Crippen LogP contribution in [0.4, 0.5) is 4.39 Å². The van der Waals surface area contributed by atoms with Gasteiger partial charge in [0.1, 0.15) is 24.5 Å². The molecule has 8 heteroatoms. The highest BCUT2D eigenvalue weighted by Crippen LogP contribution is 2.28. The average Bonchev–Trinajstić information content (AvgIpc) is 3.60. The van der Waals surface area contributed by atoms with Crippen molar-refractivity contribution >= 4 is 28.9 Å². The predicted molar refractivity (Wildman–Crippen MR) is 126 cm³/mol. The molecule has 2 aromatic carbocycles. The van der Waals surface area contributed by atoms with Crippen LogP contribution in [0.1, 0.15) is 22.3 Å². The van der Waals surface area contributed by atoms with E-state index in [1.807, 2.05) is 29.6 Å². The molecule has 2 aliphatic rings. The zero-order valence-electron chi connectivity index (χ0n) is 18.3. The third-order valence-electron chi connectivity index (χ3n) is 6.30. The minimum Gasteiger partial charge on any atom is -0.368 e. The molecule has 174 valence electrons. The van der Waals surface area contributed by atoms with Gasteiger partial charge in [-0.05, 0) is 53.3 Å². The Morgan fingerprint density at radius 3 is 2.59 bits per heavy atom. The summed E-state index contributed by atoms with van der Waals surface area (Å²) in [5.74, 6) is -1.22. The van der Waals surface area contributed by atoms with Crippen molar-refractivity contribution in [3.05, 3.63) is 83.0 Å². The van der Waals surface area contributed by atoms with Crippen LogP contribution in [0.5, 0.6) is 0 Å². The van der Waals surface area contributed by atoms with E-state index < -0.39 is 12.1 Å². The fraction of sp³-hybridized carbons (Fsp3) is 0.269. The highest BCUT2D eigenvalue weighted by atomic mass is 32.1. The van der Waals surface area contributed by atoms with E-state index in [1.165, 1.54) is 17.0 Å². The number of thiophene rings is 1. The molecule has 5 rings (SSSR count). The van der Waals surface area contributed by atoms with Crippen molar-refractivity contribution in [2.24, 2.45) is 0 Å². The number of halogens is 1. The molecule has 1 N–H and O–H groups in total. The maximum atomic E-state index is 13.5. The fourth-order valence-corrected chi connectivity index (χ4v) is 5.30. The number of rotatable bonds is 6. The second kappa shape index (κ2) is 9.48. The normalized spacial score (nSPS) is 20.3. The van der Waals surface area contributed by atoms with Crippen molar-refractivity contribution in [2.45, 2.75) is 31.0 Å². The summed E-state index contributed by atoms with van der Waals surface area (Å²) in [6, 6.07) is 15.5. The summed E-state index contributed by atoms with van der Waals surface area (Å²) in [5, 5.41) is 4.84. The number of amides is 2. The zero-order chi connectivity index (χ0) is 23.7. The lowest BCUT2D eigenvalue weighted by atomic mass is 10.0. The van der Waals surface area contributed by atoms with E-state index in [1.54, 1.807) is 35.6 Å². The van der Waals surface area contributed by atoms with E-state index in [4.69, 9.17) is 4.74 Å². The van der Waals surface area contributed by atoms with Crippen molar-refractivity contribution in [3.8, 4) is 10.4 Å². The largest absolute Gasteiger partial charge is 0.368 e. The van der Waals surface area contributed by atoms with Gasteiger partial charge in [-0.3, -0.25) is 14.4 Å². The average molecular weight is 479 g/mol. The molecule has 2 saturated heterocycles. The molecule has 1 aromatic heterocycles. The van der Waals surface area contributed by atoms with Crippen LogP contribution in [-0.2, 0) is 20.7 Å². The summed E-state index contributed by atoms with van der Waals surface area (Å²) in [7, 11) is 0. The topological polar surface area (TPSA) is 75.7 Å². The number of fused-ring (bicyclic) bond motifs is 1. The van der Waals surface area contributed by atoms with Gasteiger partial charge in [-0.25, -0.2) is 4.39 Å². The van der Waals surface area contributed by atoms with Crippen LogP contribution in [0.25, 0.3) is 10.4 Å². The number of carbonyl (C=O) groups excluding carboxylic acids is 3. The van der Waals surface area contributed by atoms with E-state index in [9.17, 15) is 18.8 Å². The highest BCUT2D eigenvalue weighted by Gasteiger charge is 2.48. The first-order valence-corrected chi connectivity index (χ1v) is 12.0. The molecule has 0 saturated carbocycles. The Balaban J connectivity index is 1.36. The van der Waals surface area contributed by atoms with Gasteiger partial charge in [-0.15, -0.1) is 11.3 Å². The lowest BCUT2D eigenvalue weighted by Gasteiger charge is -2.27. The second-order valence-corrected chi connectivity index (χ2v) is 9.44. The van der Waals surface area contributed by atoms with Gasteiger partial charge in [0.2, 0.25) is 5.91 Å². The number of nitrogens with zero attached hydrogens (tertiary/aromatic N) is 1. The van der Waals surface area contributed by atoms with E-state index >= 15 is 0 Å². The smallest absolute Gasteiger partial charge is 0.251 e. The standard InChI is InChI=1S/C26H23FN2O4S/c27-19-9-3-16(4-10-19)14-20(26(32)29-12-11-22-24(29)21(30)15-33-22)28-25(31)18-7-5-17(6-8-18)23-2-1-13-34-23/h1-10,13,20,22,24H,11-12,14-15H2,(H,28,31)/t20-,22?,24+/m0/s1. The Kier molecular flexibility index (Phi) is 6.26. The number of hydrogen-bond acceptors (Lipinski definition) is 5. The molecule has 2 fully saturated rings. The molecule has 6 nitrogen and oxygen atoms in total. The molecule has 3 atom stereocenters. The van der Waals surface area contributed by atoms with Gasteiger partial charge in [0, 0.05) is 23.4 Å². The number of benzene rings is 2. The van der Waals surface area contributed by atoms with Crippen molar-refractivity contribution in [3.63, 3.8) is 0 Å². The van der Waals surface area contributed by atoms with E-state index in [0.29, 0.717) is 24.1 Å². The third kappa shape index (κ3) is 4.51. The number of hydrogen-bond donors (Lipinski definition) is 1. The Morgan fingerprint density at radius 2 is 1.88 bits per heavy atom. The van der Waals surface area contributed by atoms with Crippen molar-refractivity contribution in [1.82, 2.24) is 10.2 Å². The highest BCUT2D eigenvalue weighted by molar-refractivity contribution is 7.13. The minimum atomic E-state index is -0.901. The van der Waals surface area contributed by atoms with Gasteiger partial charge in [0.25, 0.3) is 5.91 Å². The SMILES string of the molecule is O=C(N[C@@H](Cc1ccc(F)cc1)C(=O)N1CCC2OCC(=O)[C@H]21)c1ccc(-c2cccs2)cc1. The summed E-state index contributed by atoms with van der Waals surface area (Å²) < 4.78 is 18.9. The molecule has 34 heavy (non-hydrogen) atoms. The molecule has 2 aliphatic heterocycles. The minimum absolute atomic E-state index is 0.00465. The van der Waals surface area contributed by atoms with Crippen LogP contribution < -0.4 is 5.32 Å². The Bertz CT molecular complexity index is 1190. The lowest BCUT2D eigenvalue weighted by molar-refractivity contribution is -0.138. The second-order valence-electron chi connectivity index (χ2n) is 8.49. The maximum absolute atomic E-state index is 13.5. The molecule has 1 unspecified atom stereocenters. The predicted octanol–water partition coefficient (Wildman–Crippen LogP) is 3.46. The van der Waals surface area contributed by atoms with Crippen LogP contribution in [-0.4, -0.2) is 53.8 Å². The summed E-state index contributed by atoms with van der Waals surface area (Å²) in [6.07, 6.45) is 0.480. The number of ether oxygens (including phenoxy) is 1. The molecular formula is C26H23FN2O4S. The molecule has 2 amide bonds. The summed E-state index contributed by atoms with van der Waals surface area (Å²) in [4.78, 5) is 41.5. The Labute approximate surface area is 200 Å². The summed E-state index contributed by atoms with van der Waals surface area (Å²) in [5.41, 5.74) is 2.14. The lowest BCUT2D eigenvalue weighted by Crippen LogP contribution is -2.53. The molecule has 0 bridgehead atoms. The fourth-order valence-electron chi connectivity index (χ4n) is 4.57. The van der Waals surface area contributed by atoms with Crippen molar-refractivity contribution < 1.29 is 23.5 Å². The van der Waals surface area contributed by atoms with E-state index in [0.717, 1.165) is 10.4 Å². The first kappa shape index (κ1) is 22.4. The maximum Gasteiger partial charge on any atom is 0.251 e. The van der Waals surface area contributed by atoms with Gasteiger partial charge in [0.05, 0.1) is 6.10 Å². The molecule has 0 spiro atoms. The van der Waals surface area contributed by atoms with Crippen LogP contribution in [0, 0.1) is 5.82 Å². The molecular weight excluding hydrogens is 455 g/mol. The van der Waals surface area contributed by atoms with Crippen LogP contribution in [0.2, 0.25) is 0 Å². The number of nitrogens with one attached hydrogen (secondary N) is 1. The zero-order valence-corrected chi connectivity index (χ0v) is 19.1. The molecule has 0 radical (unpaired) electrons. The van der Waals surface area contributed by atoms with Gasteiger partial charge >= 0.3 is 0 Å². The van der Waals surface area contributed by atoms with Gasteiger partial charge in [0.15, 0.2) is 5.78 Å². The number of ketones is 1. The molecule has 0 aliphatic carbocycles. The Morgan fingerprint density at radius 1 is 1.12 bits per heavy atom.